The van der Waals surface area contributed by atoms with Gasteiger partial charge in [-0.15, -0.1) is 11.3 Å². The van der Waals surface area contributed by atoms with Gasteiger partial charge in [0.2, 0.25) is 0 Å². The zero-order valence-electron chi connectivity index (χ0n) is 16.6. The summed E-state index contributed by atoms with van der Waals surface area (Å²) in [7, 11) is -3.32. The molecule has 2 heterocycles. The van der Waals surface area contributed by atoms with Crippen molar-refractivity contribution < 1.29 is 18.0 Å². The number of carbonyl (C=O) groups is 1. The van der Waals surface area contributed by atoms with Crippen molar-refractivity contribution in [1.29, 1.82) is 0 Å². The fraction of sp³-hybridized carbons (Fsp3) is 0.250. The minimum Gasteiger partial charge on any atom is -0.387 e. The van der Waals surface area contributed by atoms with Crippen LogP contribution in [0.15, 0.2) is 59.0 Å². The lowest BCUT2D eigenvalue weighted by Crippen LogP contribution is -2.24. The Balaban J connectivity index is 1.57. The largest absolute Gasteiger partial charge is 0.387 e. The van der Waals surface area contributed by atoms with E-state index in [1.807, 2.05) is 6.92 Å². The molecule has 1 amide bonds. The molecule has 1 aromatic carbocycles. The predicted molar refractivity (Wildman–Crippen MR) is 115 cm³/mol. The maximum Gasteiger partial charge on any atom is 0.280 e. The Morgan fingerprint density at radius 3 is 2.52 bits per heavy atom. The third-order valence-electron chi connectivity index (χ3n) is 4.45. The van der Waals surface area contributed by atoms with Gasteiger partial charge in [-0.25, -0.2) is 23.4 Å². The highest BCUT2D eigenvalue weighted by atomic mass is 32.2. The summed E-state index contributed by atoms with van der Waals surface area (Å²) in [6.07, 6.45) is 6.17. The Bertz CT molecular complexity index is 1200. The second-order valence-corrected chi connectivity index (χ2v) is 10.3. The summed E-state index contributed by atoms with van der Waals surface area (Å²) in [6, 6.07) is 7.74. The number of oxime groups is 1. The van der Waals surface area contributed by atoms with Gasteiger partial charge in [0.25, 0.3) is 5.91 Å². The van der Waals surface area contributed by atoms with E-state index in [0.29, 0.717) is 29.4 Å². The van der Waals surface area contributed by atoms with Crippen LogP contribution in [-0.4, -0.2) is 40.2 Å². The number of benzene rings is 1. The average Bonchev–Trinajstić information content (AvgIpc) is 3.56. The van der Waals surface area contributed by atoms with Gasteiger partial charge in [0, 0.05) is 29.0 Å². The monoisotopic (exact) mass is 457 g/mol. The number of amides is 1. The summed E-state index contributed by atoms with van der Waals surface area (Å²) in [4.78, 5) is 31.6. The number of hydrogen-bond acceptors (Lipinski definition) is 9. The van der Waals surface area contributed by atoms with Gasteiger partial charge < -0.3 is 4.84 Å². The van der Waals surface area contributed by atoms with Gasteiger partial charge in [-0.05, 0) is 38.0 Å². The van der Waals surface area contributed by atoms with Crippen LogP contribution < -0.4 is 5.32 Å². The van der Waals surface area contributed by atoms with E-state index < -0.39 is 15.7 Å². The van der Waals surface area contributed by atoms with E-state index in [9.17, 15) is 13.2 Å². The SMILES string of the molecule is Cc1cnc(NC(=O)C(=NOCc2ncccn2)c2ccc(S(=O)(=O)C3CC3)cc2)s1. The van der Waals surface area contributed by atoms with Crippen molar-refractivity contribution in [2.45, 2.75) is 36.5 Å². The van der Waals surface area contributed by atoms with Gasteiger partial charge in [-0.1, -0.05) is 17.3 Å². The van der Waals surface area contributed by atoms with Crippen LogP contribution in [0, 0.1) is 6.92 Å². The second-order valence-electron chi connectivity index (χ2n) is 6.88. The van der Waals surface area contributed by atoms with Crippen LogP contribution in [0.1, 0.15) is 29.1 Å². The van der Waals surface area contributed by atoms with Gasteiger partial charge in [-0.3, -0.25) is 10.1 Å². The summed E-state index contributed by atoms with van der Waals surface area (Å²) in [5.74, 6) is -0.117. The number of nitrogens with zero attached hydrogens (tertiary/aromatic N) is 4. The molecule has 9 nitrogen and oxygen atoms in total. The van der Waals surface area contributed by atoms with Gasteiger partial charge in [-0.2, -0.15) is 0 Å². The van der Waals surface area contributed by atoms with E-state index in [1.165, 1.54) is 23.5 Å². The number of nitrogens with one attached hydrogen (secondary N) is 1. The molecule has 31 heavy (non-hydrogen) atoms. The number of aromatic nitrogens is 3. The second kappa shape index (κ2) is 8.90. The first-order chi connectivity index (χ1) is 14.9. The normalized spacial score (nSPS) is 14.3. The summed E-state index contributed by atoms with van der Waals surface area (Å²) < 4.78 is 24.9. The molecule has 0 radical (unpaired) electrons. The zero-order chi connectivity index (χ0) is 21.8. The zero-order valence-corrected chi connectivity index (χ0v) is 18.2. The average molecular weight is 458 g/mol. The molecule has 1 aliphatic carbocycles. The Labute approximate surface area is 183 Å². The maximum atomic E-state index is 12.9. The van der Waals surface area contributed by atoms with Gasteiger partial charge >= 0.3 is 0 Å². The Kier molecular flexibility index (Phi) is 6.05. The molecule has 0 bridgehead atoms. The molecule has 1 saturated carbocycles. The highest BCUT2D eigenvalue weighted by Crippen LogP contribution is 2.33. The lowest BCUT2D eigenvalue weighted by Gasteiger charge is -2.08. The quantitative estimate of drug-likeness (QED) is 0.407. The molecule has 0 unspecified atom stereocenters. The maximum absolute atomic E-state index is 12.9. The van der Waals surface area contributed by atoms with E-state index in [0.717, 1.165) is 4.88 Å². The molecule has 2 aromatic heterocycles. The summed E-state index contributed by atoms with van der Waals surface area (Å²) in [6.45, 7) is 1.85. The van der Waals surface area contributed by atoms with Crippen LogP contribution in [0.4, 0.5) is 5.13 Å². The van der Waals surface area contributed by atoms with Crippen molar-refractivity contribution in [2.24, 2.45) is 5.16 Å². The molecule has 0 atom stereocenters. The summed E-state index contributed by atoms with van der Waals surface area (Å²) in [5.41, 5.74) is 0.397. The Hall–Kier alpha value is -3.18. The van der Waals surface area contributed by atoms with Crippen molar-refractivity contribution in [3.8, 4) is 0 Å². The fourth-order valence-electron chi connectivity index (χ4n) is 2.73. The first-order valence-electron chi connectivity index (χ1n) is 9.47. The number of thiazole rings is 1. The first kappa shape index (κ1) is 21.1. The van der Waals surface area contributed by atoms with Crippen LogP contribution in [0.2, 0.25) is 0 Å². The molecule has 1 aliphatic rings. The summed E-state index contributed by atoms with van der Waals surface area (Å²) in [5, 5.41) is 6.79. The lowest BCUT2D eigenvalue weighted by molar-refractivity contribution is -0.110. The molecule has 1 N–H and O–H groups in total. The molecule has 0 spiro atoms. The molecule has 160 valence electrons. The smallest absolute Gasteiger partial charge is 0.280 e. The highest BCUT2D eigenvalue weighted by Gasteiger charge is 2.36. The van der Waals surface area contributed by atoms with Gasteiger partial charge in [0.1, 0.15) is 0 Å². The molecule has 11 heteroatoms. The van der Waals surface area contributed by atoms with E-state index in [4.69, 9.17) is 4.84 Å². The fourth-order valence-corrected chi connectivity index (χ4v) is 5.04. The molecular weight excluding hydrogens is 438 g/mol. The van der Waals surface area contributed by atoms with Crippen LogP contribution in [0.25, 0.3) is 0 Å². The molecular formula is C20H19N5O4S2. The third-order valence-corrected chi connectivity index (χ3v) is 7.55. The Morgan fingerprint density at radius 2 is 1.90 bits per heavy atom. The van der Waals surface area contributed by atoms with E-state index in [-0.39, 0.29) is 22.5 Å². The lowest BCUT2D eigenvalue weighted by atomic mass is 10.1. The molecule has 1 fully saturated rings. The number of rotatable bonds is 8. The topological polar surface area (TPSA) is 124 Å². The van der Waals surface area contributed by atoms with E-state index in [2.05, 4.69) is 25.4 Å². The van der Waals surface area contributed by atoms with Crippen LogP contribution in [0.5, 0.6) is 0 Å². The van der Waals surface area contributed by atoms with Crippen molar-refractivity contribution in [1.82, 2.24) is 15.0 Å². The van der Waals surface area contributed by atoms with Gasteiger partial charge in [0.05, 0.1) is 10.1 Å². The number of sulfone groups is 1. The summed E-state index contributed by atoms with van der Waals surface area (Å²) >= 11 is 1.33. The third kappa shape index (κ3) is 5.12. The van der Waals surface area contributed by atoms with Gasteiger partial charge in [0.15, 0.2) is 33.1 Å². The van der Waals surface area contributed by atoms with Crippen molar-refractivity contribution in [3.05, 3.63) is 65.2 Å². The first-order valence-corrected chi connectivity index (χ1v) is 11.8. The van der Waals surface area contributed by atoms with Crippen molar-refractivity contribution in [3.63, 3.8) is 0 Å². The molecule has 4 rings (SSSR count). The minimum atomic E-state index is -3.32. The minimum absolute atomic E-state index is 0.0147. The van der Waals surface area contributed by atoms with E-state index >= 15 is 0 Å². The highest BCUT2D eigenvalue weighted by molar-refractivity contribution is 7.92. The Morgan fingerprint density at radius 1 is 1.19 bits per heavy atom. The number of hydrogen-bond donors (Lipinski definition) is 1. The van der Waals surface area contributed by atoms with Crippen molar-refractivity contribution >= 4 is 37.9 Å². The molecule has 3 aromatic rings. The molecule has 0 aliphatic heterocycles. The molecule has 0 saturated heterocycles. The van der Waals surface area contributed by atoms with Crippen molar-refractivity contribution in [2.75, 3.05) is 5.32 Å². The standard InChI is InChI=1S/C20H19N5O4S2/c1-13-11-23-20(30-13)24-19(26)18(25-29-12-17-21-9-2-10-22-17)14-3-5-15(6-4-14)31(27,28)16-7-8-16/h2-6,9-11,16H,7-8,12H2,1H3,(H,23,24,26). The van der Waals surface area contributed by atoms with Crippen LogP contribution in [-0.2, 0) is 26.1 Å². The van der Waals surface area contributed by atoms with E-state index in [1.54, 1.807) is 36.8 Å². The predicted octanol–water partition coefficient (Wildman–Crippen LogP) is 2.74. The number of aryl methyl sites for hydroxylation is 1. The number of carbonyl (C=O) groups excluding carboxylic acids is 1. The van der Waals surface area contributed by atoms with Crippen LogP contribution in [0.3, 0.4) is 0 Å². The van der Waals surface area contributed by atoms with Crippen LogP contribution >= 0.6 is 11.3 Å². The number of anilines is 1.